The number of nitrogens with one attached hydrogen (secondary N) is 1. The molecule has 1 rings (SSSR count). The molecule has 3 nitrogen and oxygen atoms in total. The van der Waals surface area contributed by atoms with Crippen LogP contribution < -0.4 is 10.1 Å². The molecule has 0 aliphatic heterocycles. The van der Waals surface area contributed by atoms with Gasteiger partial charge in [-0.3, -0.25) is 0 Å². The van der Waals surface area contributed by atoms with E-state index in [9.17, 15) is 4.79 Å². The van der Waals surface area contributed by atoms with Gasteiger partial charge in [0.2, 0.25) is 0 Å². The number of benzene rings is 1. The molecule has 0 atom stereocenters. The number of hydrogen-bond acceptors (Lipinski definition) is 3. The molecule has 0 aliphatic carbocycles. The van der Waals surface area contributed by atoms with Gasteiger partial charge in [0.05, 0.1) is 12.6 Å². The first-order chi connectivity index (χ1) is 7.72. The Bertz CT molecular complexity index is 306. The molecule has 0 bridgehead atoms. The van der Waals surface area contributed by atoms with Gasteiger partial charge in [-0.05, 0) is 44.5 Å². The van der Waals surface area contributed by atoms with Gasteiger partial charge in [0.1, 0.15) is 12.0 Å². The number of aldehydes is 1. The van der Waals surface area contributed by atoms with Gasteiger partial charge in [-0.15, -0.1) is 0 Å². The average Bonchev–Trinajstić information content (AvgIpc) is 2.26. The predicted molar refractivity (Wildman–Crippen MR) is 64.8 cm³/mol. The SMILES string of the molecule is CC(C)Oc1ccc(CCNCC=O)cc1. The highest BCUT2D eigenvalue weighted by Crippen LogP contribution is 2.13. The maximum absolute atomic E-state index is 10.1. The number of hydrogen-bond donors (Lipinski definition) is 1. The van der Waals surface area contributed by atoms with Crippen molar-refractivity contribution < 1.29 is 9.53 Å². The fraction of sp³-hybridized carbons (Fsp3) is 0.462. The quantitative estimate of drug-likeness (QED) is 0.563. The summed E-state index contributed by atoms with van der Waals surface area (Å²) in [7, 11) is 0. The number of rotatable bonds is 7. The fourth-order valence-electron chi connectivity index (χ4n) is 1.40. The van der Waals surface area contributed by atoms with Crippen molar-refractivity contribution >= 4 is 6.29 Å². The smallest absolute Gasteiger partial charge is 0.133 e. The molecule has 0 fully saturated rings. The molecule has 1 aromatic rings. The van der Waals surface area contributed by atoms with Crippen LogP contribution in [-0.2, 0) is 11.2 Å². The summed E-state index contributed by atoms with van der Waals surface area (Å²) in [5, 5.41) is 3.03. The third kappa shape index (κ3) is 4.94. The lowest BCUT2D eigenvalue weighted by Gasteiger charge is -2.10. The molecule has 0 spiro atoms. The van der Waals surface area contributed by atoms with E-state index >= 15 is 0 Å². The van der Waals surface area contributed by atoms with Gasteiger partial charge >= 0.3 is 0 Å². The molecule has 0 saturated carbocycles. The molecule has 0 aromatic heterocycles. The van der Waals surface area contributed by atoms with Crippen LogP contribution in [0.15, 0.2) is 24.3 Å². The van der Waals surface area contributed by atoms with Crippen LogP contribution >= 0.6 is 0 Å². The summed E-state index contributed by atoms with van der Waals surface area (Å²) in [4.78, 5) is 10.1. The van der Waals surface area contributed by atoms with E-state index in [1.54, 1.807) is 0 Å². The van der Waals surface area contributed by atoms with Crippen molar-refractivity contribution in [1.82, 2.24) is 5.32 Å². The van der Waals surface area contributed by atoms with Crippen molar-refractivity contribution in [3.63, 3.8) is 0 Å². The zero-order valence-electron chi connectivity index (χ0n) is 9.90. The fourth-order valence-corrected chi connectivity index (χ4v) is 1.40. The van der Waals surface area contributed by atoms with Crippen molar-refractivity contribution in [3.8, 4) is 5.75 Å². The Morgan fingerprint density at radius 2 is 2.00 bits per heavy atom. The molecule has 0 heterocycles. The summed E-state index contributed by atoms with van der Waals surface area (Å²) in [5.41, 5.74) is 1.24. The number of carbonyl (C=O) groups is 1. The van der Waals surface area contributed by atoms with Gasteiger partial charge in [-0.1, -0.05) is 12.1 Å². The lowest BCUT2D eigenvalue weighted by Crippen LogP contribution is -2.19. The summed E-state index contributed by atoms with van der Waals surface area (Å²) in [6.07, 6.45) is 2.01. The molecule has 0 unspecified atom stereocenters. The molecule has 0 amide bonds. The predicted octanol–water partition coefficient (Wildman–Crippen LogP) is 1.80. The lowest BCUT2D eigenvalue weighted by molar-refractivity contribution is -0.107. The van der Waals surface area contributed by atoms with E-state index in [-0.39, 0.29) is 6.10 Å². The summed E-state index contributed by atoms with van der Waals surface area (Å²) >= 11 is 0. The van der Waals surface area contributed by atoms with Crippen molar-refractivity contribution in [3.05, 3.63) is 29.8 Å². The van der Waals surface area contributed by atoms with Crippen LogP contribution in [0.1, 0.15) is 19.4 Å². The molecule has 0 saturated heterocycles. The zero-order chi connectivity index (χ0) is 11.8. The molecule has 0 radical (unpaired) electrons. The van der Waals surface area contributed by atoms with Crippen LogP contribution in [0.4, 0.5) is 0 Å². The van der Waals surface area contributed by atoms with Crippen LogP contribution in [0.3, 0.4) is 0 Å². The van der Waals surface area contributed by atoms with Gasteiger partial charge in [-0.25, -0.2) is 0 Å². The molecular formula is C13H19NO2. The minimum atomic E-state index is 0.208. The van der Waals surface area contributed by atoms with Crippen LogP contribution in [0.2, 0.25) is 0 Å². The second-order valence-corrected chi connectivity index (χ2v) is 3.93. The Kier molecular flexibility index (Phi) is 5.57. The second-order valence-electron chi connectivity index (χ2n) is 3.93. The molecule has 1 aromatic carbocycles. The summed E-state index contributed by atoms with van der Waals surface area (Å²) in [5.74, 6) is 0.902. The largest absolute Gasteiger partial charge is 0.491 e. The van der Waals surface area contributed by atoms with Crippen molar-refractivity contribution in [2.24, 2.45) is 0 Å². The van der Waals surface area contributed by atoms with Gasteiger partial charge in [0.15, 0.2) is 0 Å². The average molecular weight is 221 g/mol. The standard InChI is InChI=1S/C13H19NO2/c1-11(2)16-13-5-3-12(4-6-13)7-8-14-9-10-15/h3-6,10-11,14H,7-9H2,1-2H3. The van der Waals surface area contributed by atoms with E-state index in [1.165, 1.54) is 5.56 Å². The second kappa shape index (κ2) is 7.01. The monoisotopic (exact) mass is 221 g/mol. The molecule has 1 N–H and O–H groups in total. The Labute approximate surface area is 96.8 Å². The first-order valence-corrected chi connectivity index (χ1v) is 5.62. The first-order valence-electron chi connectivity index (χ1n) is 5.62. The minimum absolute atomic E-state index is 0.208. The highest BCUT2D eigenvalue weighted by atomic mass is 16.5. The molecule has 0 aliphatic rings. The van der Waals surface area contributed by atoms with E-state index < -0.39 is 0 Å². The van der Waals surface area contributed by atoms with Gasteiger partial charge in [0, 0.05) is 0 Å². The highest BCUT2D eigenvalue weighted by molar-refractivity contribution is 5.51. The van der Waals surface area contributed by atoms with Crippen LogP contribution in [0, 0.1) is 0 Å². The van der Waals surface area contributed by atoms with E-state index in [2.05, 4.69) is 17.4 Å². The van der Waals surface area contributed by atoms with Crippen molar-refractivity contribution in [2.75, 3.05) is 13.1 Å². The Morgan fingerprint density at radius 3 is 2.56 bits per heavy atom. The number of carbonyl (C=O) groups excluding carboxylic acids is 1. The molecule has 3 heteroatoms. The third-order valence-corrected chi connectivity index (χ3v) is 2.11. The van der Waals surface area contributed by atoms with E-state index in [0.29, 0.717) is 6.54 Å². The van der Waals surface area contributed by atoms with Crippen LogP contribution in [-0.4, -0.2) is 25.5 Å². The maximum Gasteiger partial charge on any atom is 0.133 e. The number of ether oxygens (including phenoxy) is 1. The van der Waals surface area contributed by atoms with Gasteiger partial charge < -0.3 is 14.8 Å². The Hall–Kier alpha value is -1.35. The summed E-state index contributed by atoms with van der Waals surface area (Å²) in [6.45, 7) is 5.27. The van der Waals surface area contributed by atoms with Crippen molar-refractivity contribution in [2.45, 2.75) is 26.4 Å². The van der Waals surface area contributed by atoms with Gasteiger partial charge in [0.25, 0.3) is 0 Å². The van der Waals surface area contributed by atoms with E-state index in [0.717, 1.165) is 25.0 Å². The Morgan fingerprint density at radius 1 is 1.31 bits per heavy atom. The lowest BCUT2D eigenvalue weighted by atomic mass is 10.1. The molecule has 88 valence electrons. The molecular weight excluding hydrogens is 202 g/mol. The maximum atomic E-state index is 10.1. The minimum Gasteiger partial charge on any atom is -0.491 e. The topological polar surface area (TPSA) is 38.3 Å². The van der Waals surface area contributed by atoms with E-state index in [1.807, 2.05) is 26.0 Å². The Balaban J connectivity index is 2.36. The summed E-state index contributed by atoms with van der Waals surface area (Å²) in [6, 6.07) is 8.07. The normalized spacial score (nSPS) is 10.4. The van der Waals surface area contributed by atoms with Crippen LogP contribution in [0.5, 0.6) is 5.75 Å². The van der Waals surface area contributed by atoms with Crippen molar-refractivity contribution in [1.29, 1.82) is 0 Å². The molecule has 16 heavy (non-hydrogen) atoms. The zero-order valence-corrected chi connectivity index (χ0v) is 9.90. The van der Waals surface area contributed by atoms with E-state index in [4.69, 9.17) is 4.74 Å². The summed E-state index contributed by atoms with van der Waals surface area (Å²) < 4.78 is 5.55. The third-order valence-electron chi connectivity index (χ3n) is 2.11. The van der Waals surface area contributed by atoms with Gasteiger partial charge in [-0.2, -0.15) is 0 Å². The first kappa shape index (κ1) is 12.7. The van der Waals surface area contributed by atoms with Crippen LogP contribution in [0.25, 0.3) is 0 Å². The highest BCUT2D eigenvalue weighted by Gasteiger charge is 1.97.